The summed E-state index contributed by atoms with van der Waals surface area (Å²) in [6.45, 7) is 1.68. The van der Waals surface area contributed by atoms with Gasteiger partial charge in [-0.15, -0.1) is 6.42 Å². The molecule has 1 aliphatic heterocycles. The summed E-state index contributed by atoms with van der Waals surface area (Å²) in [6.07, 6.45) is 7.43. The first-order valence-corrected chi connectivity index (χ1v) is 13.3. The number of nitrogens with two attached hydrogens (primary N) is 1. The Balaban J connectivity index is 1.37. The van der Waals surface area contributed by atoms with E-state index in [4.69, 9.17) is 26.6 Å². The number of fused-ring (bicyclic) bond motifs is 1. The van der Waals surface area contributed by atoms with Gasteiger partial charge < -0.3 is 25.4 Å². The number of nitrogen functional groups attached to an aromatic ring is 1. The number of anilines is 2. The quantitative estimate of drug-likeness (QED) is 0.323. The largest absolute Gasteiger partial charge is 0.493 e. The lowest BCUT2D eigenvalue weighted by Crippen LogP contribution is -2.50. The molecule has 1 fully saturated rings. The molecule has 1 saturated heterocycles. The number of amides is 1. The Morgan fingerprint density at radius 1 is 1.00 bits per heavy atom. The van der Waals surface area contributed by atoms with Crippen molar-refractivity contribution in [3.8, 4) is 23.8 Å². The van der Waals surface area contributed by atoms with E-state index in [-0.39, 0.29) is 5.91 Å². The molecule has 1 amide bonds. The van der Waals surface area contributed by atoms with Crippen molar-refractivity contribution in [3.05, 3.63) is 83.4 Å². The summed E-state index contributed by atoms with van der Waals surface area (Å²) >= 11 is 0. The van der Waals surface area contributed by atoms with Crippen molar-refractivity contribution in [2.24, 2.45) is 5.41 Å². The maximum absolute atomic E-state index is 13.8. The number of methoxy groups -OCH3 is 2. The highest BCUT2D eigenvalue weighted by Crippen LogP contribution is 2.38. The number of carbonyl (C=O) groups excluding carboxylic acids is 1. The number of benzene rings is 3. The molecule has 0 atom stereocenters. The second kappa shape index (κ2) is 11.5. The molecule has 0 unspecified atom stereocenters. The minimum atomic E-state index is -0.560. The van der Waals surface area contributed by atoms with Crippen molar-refractivity contribution in [2.45, 2.75) is 25.8 Å². The highest BCUT2D eigenvalue weighted by molar-refractivity contribution is 5.92. The number of piperidine rings is 1. The Morgan fingerprint density at radius 2 is 1.68 bits per heavy atom. The molecule has 3 N–H and O–H groups in total. The number of aromatic nitrogens is 2. The minimum absolute atomic E-state index is 0.0489. The maximum atomic E-state index is 13.8. The van der Waals surface area contributed by atoms with Crippen molar-refractivity contribution in [3.63, 3.8) is 0 Å². The third-order valence-corrected chi connectivity index (χ3v) is 7.66. The molecule has 204 valence electrons. The molecule has 5 rings (SSSR count). The van der Waals surface area contributed by atoms with Gasteiger partial charge in [-0.05, 0) is 48.6 Å². The highest BCUT2D eigenvalue weighted by atomic mass is 16.5. The molecule has 0 saturated carbocycles. The summed E-state index contributed by atoms with van der Waals surface area (Å²) in [7, 11) is 3.17. The number of hydrogen-bond donors (Lipinski definition) is 2. The summed E-state index contributed by atoms with van der Waals surface area (Å²) < 4.78 is 10.9. The lowest BCUT2D eigenvalue weighted by atomic mass is 9.73. The van der Waals surface area contributed by atoms with E-state index in [2.05, 4.69) is 33.3 Å². The van der Waals surface area contributed by atoms with Gasteiger partial charge in [-0.2, -0.15) is 4.98 Å². The topological polar surface area (TPSA) is 103 Å². The van der Waals surface area contributed by atoms with Crippen molar-refractivity contribution in [1.82, 2.24) is 15.3 Å². The average Bonchev–Trinajstić information content (AvgIpc) is 3.00. The third-order valence-electron chi connectivity index (χ3n) is 7.66. The summed E-state index contributed by atoms with van der Waals surface area (Å²) in [5.41, 5.74) is 9.42. The Labute approximate surface area is 234 Å². The molecule has 40 heavy (non-hydrogen) atoms. The van der Waals surface area contributed by atoms with Gasteiger partial charge in [0, 0.05) is 36.7 Å². The fourth-order valence-corrected chi connectivity index (χ4v) is 5.30. The summed E-state index contributed by atoms with van der Waals surface area (Å²) in [5.74, 6) is 4.73. The summed E-state index contributed by atoms with van der Waals surface area (Å²) in [6, 6.07) is 21.5. The van der Waals surface area contributed by atoms with Gasteiger partial charge in [0.1, 0.15) is 5.82 Å². The van der Waals surface area contributed by atoms with Gasteiger partial charge >= 0.3 is 0 Å². The van der Waals surface area contributed by atoms with Crippen LogP contribution in [0.2, 0.25) is 0 Å². The lowest BCUT2D eigenvalue weighted by Gasteiger charge is -2.41. The molecular formula is C32H33N5O3. The SMILES string of the molecule is C#Cc1ccc(CNC(=O)C2(Cc3ccccc3)CCN(c3nc(N)c4cc(OC)c(OC)cc4n3)CC2)cc1. The van der Waals surface area contributed by atoms with Crippen LogP contribution in [-0.2, 0) is 17.8 Å². The zero-order valence-corrected chi connectivity index (χ0v) is 22.8. The average molecular weight is 536 g/mol. The molecule has 8 nitrogen and oxygen atoms in total. The van der Waals surface area contributed by atoms with Crippen LogP contribution in [0.25, 0.3) is 10.9 Å². The van der Waals surface area contributed by atoms with Gasteiger partial charge in [0.15, 0.2) is 11.5 Å². The third kappa shape index (κ3) is 5.50. The first-order valence-electron chi connectivity index (χ1n) is 13.3. The van der Waals surface area contributed by atoms with Gasteiger partial charge in [-0.3, -0.25) is 4.79 Å². The molecule has 8 heteroatoms. The number of nitrogens with zero attached hydrogens (tertiary/aromatic N) is 3. The van der Waals surface area contributed by atoms with Crippen molar-refractivity contribution in [2.75, 3.05) is 37.9 Å². The number of rotatable bonds is 8. The van der Waals surface area contributed by atoms with Crippen LogP contribution in [0.3, 0.4) is 0 Å². The van der Waals surface area contributed by atoms with E-state index < -0.39 is 5.41 Å². The number of terminal acetylenes is 1. The van der Waals surface area contributed by atoms with Crippen LogP contribution in [0.4, 0.5) is 11.8 Å². The first-order chi connectivity index (χ1) is 19.4. The summed E-state index contributed by atoms with van der Waals surface area (Å²) in [5, 5.41) is 3.89. The predicted octanol–water partition coefficient (Wildman–Crippen LogP) is 4.36. The molecule has 1 aromatic heterocycles. The predicted molar refractivity (Wildman–Crippen MR) is 157 cm³/mol. The monoisotopic (exact) mass is 535 g/mol. The first kappa shape index (κ1) is 26.8. The van der Waals surface area contributed by atoms with E-state index in [1.165, 1.54) is 0 Å². The standard InChI is InChI=1S/C32H33N5O3/c1-4-22-10-12-24(13-11-22)21-34-30(38)32(20-23-8-6-5-7-9-23)14-16-37(17-15-32)31-35-26-19-28(40-3)27(39-2)18-25(26)29(33)36-31/h1,5-13,18-19H,14-17,20-21H2,2-3H3,(H,34,38)(H2,33,35,36). The molecule has 2 heterocycles. The fourth-order valence-electron chi connectivity index (χ4n) is 5.30. The van der Waals surface area contributed by atoms with Gasteiger partial charge in [0.2, 0.25) is 11.9 Å². The molecule has 1 aliphatic rings. The van der Waals surface area contributed by atoms with E-state index in [0.717, 1.165) is 16.7 Å². The molecular weight excluding hydrogens is 502 g/mol. The maximum Gasteiger partial charge on any atom is 0.227 e. The molecule has 3 aromatic carbocycles. The van der Waals surface area contributed by atoms with Crippen molar-refractivity contribution >= 4 is 28.6 Å². The minimum Gasteiger partial charge on any atom is -0.493 e. The molecule has 0 bridgehead atoms. The zero-order chi connectivity index (χ0) is 28.1. The van der Waals surface area contributed by atoms with Gasteiger partial charge in [-0.1, -0.05) is 48.4 Å². The Kier molecular flexibility index (Phi) is 7.74. The number of nitrogens with one attached hydrogen (secondary N) is 1. The van der Waals surface area contributed by atoms with Gasteiger partial charge in [-0.25, -0.2) is 4.98 Å². The Hall–Kier alpha value is -4.77. The van der Waals surface area contributed by atoms with E-state index in [0.29, 0.717) is 73.1 Å². The second-order valence-corrected chi connectivity index (χ2v) is 10.1. The van der Waals surface area contributed by atoms with Crippen LogP contribution >= 0.6 is 0 Å². The van der Waals surface area contributed by atoms with E-state index in [9.17, 15) is 4.79 Å². The molecule has 0 radical (unpaired) electrons. The van der Waals surface area contributed by atoms with Gasteiger partial charge in [0.25, 0.3) is 0 Å². The zero-order valence-electron chi connectivity index (χ0n) is 22.8. The second-order valence-electron chi connectivity index (χ2n) is 10.1. The van der Waals surface area contributed by atoms with Crippen LogP contribution in [0, 0.1) is 17.8 Å². The fraction of sp³-hybridized carbons (Fsp3) is 0.281. The van der Waals surface area contributed by atoms with Crippen LogP contribution in [0.5, 0.6) is 11.5 Å². The molecule has 0 spiro atoms. The van der Waals surface area contributed by atoms with E-state index in [1.54, 1.807) is 20.3 Å². The molecule has 0 aliphatic carbocycles. The highest BCUT2D eigenvalue weighted by Gasteiger charge is 2.42. The Morgan fingerprint density at radius 3 is 2.33 bits per heavy atom. The van der Waals surface area contributed by atoms with Crippen LogP contribution in [0.1, 0.15) is 29.5 Å². The lowest BCUT2D eigenvalue weighted by molar-refractivity contribution is -0.132. The van der Waals surface area contributed by atoms with E-state index in [1.807, 2.05) is 48.5 Å². The summed E-state index contributed by atoms with van der Waals surface area (Å²) in [4.78, 5) is 25.3. The van der Waals surface area contributed by atoms with E-state index >= 15 is 0 Å². The van der Waals surface area contributed by atoms with Crippen molar-refractivity contribution < 1.29 is 14.3 Å². The van der Waals surface area contributed by atoms with Crippen LogP contribution in [-0.4, -0.2) is 43.2 Å². The van der Waals surface area contributed by atoms with Crippen molar-refractivity contribution in [1.29, 1.82) is 0 Å². The molecule has 4 aromatic rings. The van der Waals surface area contributed by atoms with Crippen LogP contribution < -0.4 is 25.4 Å². The smallest absolute Gasteiger partial charge is 0.227 e. The number of carbonyl (C=O) groups is 1. The normalized spacial score (nSPS) is 14.4. The van der Waals surface area contributed by atoms with Crippen LogP contribution in [0.15, 0.2) is 66.7 Å². The van der Waals surface area contributed by atoms with Gasteiger partial charge in [0.05, 0.1) is 25.2 Å². The number of ether oxygens (including phenoxy) is 2. The Bertz CT molecular complexity index is 1540. The number of hydrogen-bond acceptors (Lipinski definition) is 7.